The molecule has 0 saturated carbocycles. The number of rotatable bonds is 7. The van der Waals surface area contributed by atoms with Crippen molar-refractivity contribution in [3.8, 4) is 17.2 Å². The second-order valence-electron chi connectivity index (χ2n) is 6.43. The Morgan fingerprint density at radius 3 is 2.59 bits per heavy atom. The number of nitrogens with one attached hydrogen (secondary N) is 1. The number of ether oxygens (including phenoxy) is 1. The summed E-state index contributed by atoms with van der Waals surface area (Å²) in [6.07, 6.45) is 1.72. The first-order valence-corrected chi connectivity index (χ1v) is 8.98. The van der Waals surface area contributed by atoms with Crippen LogP contribution in [0, 0.1) is 13.8 Å². The lowest BCUT2D eigenvalue weighted by Crippen LogP contribution is -2.20. The van der Waals surface area contributed by atoms with Crippen molar-refractivity contribution in [1.29, 1.82) is 0 Å². The zero-order chi connectivity index (χ0) is 19.2. The molecule has 1 aromatic heterocycles. The van der Waals surface area contributed by atoms with Gasteiger partial charge in [-0.3, -0.25) is 4.79 Å². The molecule has 0 aliphatic rings. The molecule has 3 aromatic rings. The Morgan fingerprint density at radius 1 is 1.11 bits per heavy atom. The Balaban J connectivity index is 1.55. The van der Waals surface area contributed by atoms with Crippen LogP contribution in [0.1, 0.15) is 30.4 Å². The predicted molar refractivity (Wildman–Crippen MR) is 104 cm³/mol. The summed E-state index contributed by atoms with van der Waals surface area (Å²) in [5.41, 5.74) is 3.79. The van der Waals surface area contributed by atoms with Gasteiger partial charge in [0.05, 0.1) is 0 Å². The van der Waals surface area contributed by atoms with Crippen molar-refractivity contribution < 1.29 is 13.9 Å². The molecule has 0 fully saturated rings. The van der Waals surface area contributed by atoms with Crippen LogP contribution in [0.2, 0.25) is 0 Å². The maximum Gasteiger partial charge on any atom is 0.262 e. The Bertz CT molecular complexity index is 917. The molecule has 3 rings (SSSR count). The lowest BCUT2D eigenvalue weighted by molar-refractivity contribution is -0.118. The van der Waals surface area contributed by atoms with E-state index in [1.54, 1.807) is 12.1 Å². The summed E-state index contributed by atoms with van der Waals surface area (Å²) in [7, 11) is 0. The molecule has 6 nitrogen and oxygen atoms in total. The minimum Gasteiger partial charge on any atom is -0.484 e. The van der Waals surface area contributed by atoms with Crippen LogP contribution in [-0.2, 0) is 11.2 Å². The first-order valence-electron chi connectivity index (χ1n) is 8.98. The number of carbonyl (C=O) groups excluding carboxylic acids is 1. The van der Waals surface area contributed by atoms with E-state index in [0.29, 0.717) is 17.5 Å². The normalized spacial score (nSPS) is 10.6. The summed E-state index contributed by atoms with van der Waals surface area (Å²) in [5.74, 6) is 1.52. The molecule has 1 heterocycles. The number of hydrogen-bond donors (Lipinski definition) is 1. The molecule has 1 N–H and O–H groups in total. The maximum atomic E-state index is 12.1. The quantitative estimate of drug-likeness (QED) is 0.674. The van der Waals surface area contributed by atoms with Crippen molar-refractivity contribution in [2.75, 3.05) is 11.9 Å². The lowest BCUT2D eigenvalue weighted by Gasteiger charge is -2.10. The second-order valence-corrected chi connectivity index (χ2v) is 6.43. The smallest absolute Gasteiger partial charge is 0.262 e. The Kier molecular flexibility index (Phi) is 5.86. The first kappa shape index (κ1) is 18.6. The summed E-state index contributed by atoms with van der Waals surface area (Å²) in [5, 5.41) is 10.9. The number of hydrogen-bond acceptors (Lipinski definition) is 5. The van der Waals surface area contributed by atoms with E-state index >= 15 is 0 Å². The van der Waals surface area contributed by atoms with Gasteiger partial charge in [-0.05, 0) is 56.2 Å². The molecule has 0 spiro atoms. The fourth-order valence-electron chi connectivity index (χ4n) is 2.67. The fourth-order valence-corrected chi connectivity index (χ4v) is 2.67. The number of amides is 1. The number of aromatic nitrogens is 2. The van der Waals surface area contributed by atoms with Crippen molar-refractivity contribution >= 4 is 11.6 Å². The van der Waals surface area contributed by atoms with Gasteiger partial charge < -0.3 is 14.5 Å². The van der Waals surface area contributed by atoms with Crippen LogP contribution in [0.3, 0.4) is 0 Å². The summed E-state index contributed by atoms with van der Waals surface area (Å²) in [6.45, 7) is 5.98. The van der Waals surface area contributed by atoms with E-state index in [1.807, 2.05) is 44.2 Å². The molecule has 0 aliphatic heterocycles. The van der Waals surface area contributed by atoms with Gasteiger partial charge in [-0.15, -0.1) is 10.2 Å². The highest BCUT2D eigenvalue weighted by Crippen LogP contribution is 2.22. The third-order valence-electron chi connectivity index (χ3n) is 4.06. The molecule has 0 unspecified atom stereocenters. The highest BCUT2D eigenvalue weighted by Gasteiger charge is 2.09. The molecule has 140 valence electrons. The Labute approximate surface area is 158 Å². The predicted octanol–water partition coefficient (Wildman–Crippen LogP) is 4.32. The standard InChI is InChI=1S/C21H23N3O3/c1-4-5-20-23-24-21(27-20)16-7-9-17(10-8-16)26-13-19(25)22-18-11-6-14(2)12-15(18)3/h6-12H,4-5,13H2,1-3H3,(H,22,25). The summed E-state index contributed by atoms with van der Waals surface area (Å²) >= 11 is 0. The van der Waals surface area contributed by atoms with Gasteiger partial charge in [0.2, 0.25) is 11.8 Å². The third kappa shape index (κ3) is 4.94. The minimum atomic E-state index is -0.202. The maximum absolute atomic E-state index is 12.1. The van der Waals surface area contributed by atoms with Gasteiger partial charge in [0, 0.05) is 17.7 Å². The van der Waals surface area contributed by atoms with Gasteiger partial charge in [-0.25, -0.2) is 0 Å². The molecular weight excluding hydrogens is 342 g/mol. The van der Waals surface area contributed by atoms with Crippen molar-refractivity contribution in [3.05, 3.63) is 59.5 Å². The average molecular weight is 365 g/mol. The molecule has 27 heavy (non-hydrogen) atoms. The minimum absolute atomic E-state index is 0.0616. The number of aryl methyl sites for hydroxylation is 3. The molecular formula is C21H23N3O3. The van der Waals surface area contributed by atoms with Crippen molar-refractivity contribution in [3.63, 3.8) is 0 Å². The van der Waals surface area contributed by atoms with E-state index in [-0.39, 0.29) is 12.5 Å². The summed E-state index contributed by atoms with van der Waals surface area (Å²) in [4.78, 5) is 12.1. The van der Waals surface area contributed by atoms with Gasteiger partial charge in [0.1, 0.15) is 5.75 Å². The number of nitrogens with zero attached hydrogens (tertiary/aromatic N) is 2. The third-order valence-corrected chi connectivity index (χ3v) is 4.06. The molecule has 6 heteroatoms. The van der Waals surface area contributed by atoms with E-state index in [2.05, 4.69) is 22.4 Å². The van der Waals surface area contributed by atoms with Crippen LogP contribution in [0.5, 0.6) is 5.75 Å². The topological polar surface area (TPSA) is 77.2 Å². The molecule has 0 bridgehead atoms. The largest absolute Gasteiger partial charge is 0.484 e. The van der Waals surface area contributed by atoms with Gasteiger partial charge in [0.15, 0.2) is 6.61 Å². The van der Waals surface area contributed by atoms with Gasteiger partial charge in [0.25, 0.3) is 5.91 Å². The van der Waals surface area contributed by atoms with Crippen LogP contribution in [-0.4, -0.2) is 22.7 Å². The van der Waals surface area contributed by atoms with Crippen LogP contribution in [0.25, 0.3) is 11.5 Å². The Morgan fingerprint density at radius 2 is 1.89 bits per heavy atom. The van der Waals surface area contributed by atoms with Crippen LogP contribution >= 0.6 is 0 Å². The number of carbonyl (C=O) groups is 1. The van der Waals surface area contributed by atoms with Crippen molar-refractivity contribution in [2.45, 2.75) is 33.6 Å². The fraction of sp³-hybridized carbons (Fsp3) is 0.286. The second kappa shape index (κ2) is 8.49. The SMILES string of the molecule is CCCc1nnc(-c2ccc(OCC(=O)Nc3ccc(C)cc3C)cc2)o1. The first-order chi connectivity index (χ1) is 13.0. The monoisotopic (exact) mass is 365 g/mol. The van der Waals surface area contributed by atoms with Gasteiger partial charge in [-0.1, -0.05) is 24.6 Å². The molecule has 1 amide bonds. The molecule has 0 radical (unpaired) electrons. The zero-order valence-electron chi connectivity index (χ0n) is 15.8. The van der Waals surface area contributed by atoms with E-state index in [9.17, 15) is 4.79 Å². The lowest BCUT2D eigenvalue weighted by atomic mass is 10.1. The Hall–Kier alpha value is -3.15. The van der Waals surface area contributed by atoms with E-state index in [0.717, 1.165) is 35.2 Å². The zero-order valence-corrected chi connectivity index (χ0v) is 15.8. The highest BCUT2D eigenvalue weighted by atomic mass is 16.5. The molecule has 0 saturated heterocycles. The van der Waals surface area contributed by atoms with Gasteiger partial charge in [-0.2, -0.15) is 0 Å². The van der Waals surface area contributed by atoms with Crippen molar-refractivity contribution in [1.82, 2.24) is 10.2 Å². The van der Waals surface area contributed by atoms with Gasteiger partial charge >= 0.3 is 0 Å². The van der Waals surface area contributed by atoms with E-state index in [4.69, 9.17) is 9.15 Å². The van der Waals surface area contributed by atoms with E-state index < -0.39 is 0 Å². The van der Waals surface area contributed by atoms with E-state index in [1.165, 1.54) is 0 Å². The van der Waals surface area contributed by atoms with Crippen LogP contribution in [0.4, 0.5) is 5.69 Å². The highest BCUT2D eigenvalue weighted by molar-refractivity contribution is 5.92. The van der Waals surface area contributed by atoms with Crippen LogP contribution < -0.4 is 10.1 Å². The number of benzene rings is 2. The van der Waals surface area contributed by atoms with Crippen molar-refractivity contribution in [2.24, 2.45) is 0 Å². The average Bonchev–Trinajstić information content (AvgIpc) is 3.12. The number of anilines is 1. The molecule has 0 atom stereocenters. The molecule has 0 aliphatic carbocycles. The summed E-state index contributed by atoms with van der Waals surface area (Å²) < 4.78 is 11.2. The molecule has 2 aromatic carbocycles. The van der Waals surface area contributed by atoms with Crippen LogP contribution in [0.15, 0.2) is 46.9 Å². The summed E-state index contributed by atoms with van der Waals surface area (Å²) in [6, 6.07) is 13.1.